The average molecular weight is 285 g/mol. The van der Waals surface area contributed by atoms with Crippen LogP contribution in [-0.4, -0.2) is 24.9 Å². The van der Waals surface area contributed by atoms with Gasteiger partial charge < -0.3 is 4.52 Å². The molecule has 0 aliphatic heterocycles. The summed E-state index contributed by atoms with van der Waals surface area (Å²) in [4.78, 5) is 8.20. The van der Waals surface area contributed by atoms with E-state index >= 15 is 0 Å². The normalized spacial score (nSPS) is 14.5. The third kappa shape index (κ3) is 2.54. The van der Waals surface area contributed by atoms with E-state index in [0.717, 1.165) is 24.2 Å². The zero-order chi connectivity index (χ0) is 14.2. The number of nitrogens with zero attached hydrogens (tertiary/aromatic N) is 5. The molecule has 6 nitrogen and oxygen atoms in total. The Kier molecular flexibility index (Phi) is 2.77. The van der Waals surface area contributed by atoms with E-state index in [1.54, 1.807) is 6.20 Å². The van der Waals surface area contributed by atoms with E-state index in [1.165, 1.54) is 25.0 Å². The van der Waals surface area contributed by atoms with Crippen molar-refractivity contribution in [1.29, 1.82) is 0 Å². The van der Waals surface area contributed by atoms with Crippen LogP contribution in [0.4, 0.5) is 4.39 Å². The summed E-state index contributed by atoms with van der Waals surface area (Å²) in [6.45, 7) is 0.931. The minimum absolute atomic E-state index is 0.333. The summed E-state index contributed by atoms with van der Waals surface area (Å²) in [5, 5.41) is 8.16. The van der Waals surface area contributed by atoms with Crippen molar-refractivity contribution in [2.75, 3.05) is 0 Å². The molecule has 0 radical (unpaired) electrons. The summed E-state index contributed by atoms with van der Waals surface area (Å²) < 4.78 is 20.0. The fraction of sp³-hybridized carbons (Fsp3) is 0.286. The Labute approximate surface area is 119 Å². The third-order valence-electron chi connectivity index (χ3n) is 3.40. The Balaban J connectivity index is 1.58. The second-order valence-electron chi connectivity index (χ2n) is 5.18. The van der Waals surface area contributed by atoms with Crippen molar-refractivity contribution < 1.29 is 8.91 Å². The predicted molar refractivity (Wildman–Crippen MR) is 71.4 cm³/mol. The highest BCUT2D eigenvalue weighted by molar-refractivity contribution is 5.55. The molecule has 4 rings (SSSR count). The van der Waals surface area contributed by atoms with Crippen LogP contribution in [0.15, 0.2) is 35.2 Å². The maximum atomic E-state index is 12.8. The summed E-state index contributed by atoms with van der Waals surface area (Å²) in [6, 6.07) is 2.83. The van der Waals surface area contributed by atoms with E-state index in [1.807, 2.05) is 10.9 Å². The maximum Gasteiger partial charge on any atom is 0.261 e. The first-order chi connectivity index (χ1) is 10.3. The third-order valence-corrected chi connectivity index (χ3v) is 3.40. The number of rotatable bonds is 4. The number of hydrogen-bond donors (Lipinski definition) is 0. The molecule has 0 amide bonds. The van der Waals surface area contributed by atoms with Gasteiger partial charge in [-0.25, -0.2) is 9.37 Å². The van der Waals surface area contributed by atoms with E-state index in [9.17, 15) is 4.39 Å². The Morgan fingerprint density at radius 1 is 1.29 bits per heavy atom. The molecule has 3 aromatic rings. The zero-order valence-electron chi connectivity index (χ0n) is 11.1. The highest BCUT2D eigenvalue weighted by Crippen LogP contribution is 2.30. The molecule has 3 heterocycles. The predicted octanol–water partition coefficient (Wildman–Crippen LogP) is 2.54. The van der Waals surface area contributed by atoms with Gasteiger partial charge in [0.05, 0.1) is 18.0 Å². The van der Waals surface area contributed by atoms with Gasteiger partial charge in [-0.1, -0.05) is 5.16 Å². The molecule has 0 bridgehead atoms. The standard InChI is InChI=1S/C14H12FN5O/c15-11-3-4-12(16-6-11)13-18-14(21-19-13)10-5-17-20(8-10)7-9-1-2-9/h3-6,8-9H,1-2,7H2. The molecule has 0 spiro atoms. The van der Waals surface area contributed by atoms with Crippen LogP contribution >= 0.6 is 0 Å². The zero-order valence-corrected chi connectivity index (χ0v) is 11.1. The van der Waals surface area contributed by atoms with E-state index in [0.29, 0.717) is 17.4 Å². The summed E-state index contributed by atoms with van der Waals surface area (Å²) in [5.74, 6) is 1.07. The van der Waals surface area contributed by atoms with Crippen LogP contribution in [0.2, 0.25) is 0 Å². The monoisotopic (exact) mass is 285 g/mol. The number of hydrogen-bond acceptors (Lipinski definition) is 5. The molecule has 0 unspecified atom stereocenters. The molecule has 1 aliphatic carbocycles. The Morgan fingerprint density at radius 2 is 2.19 bits per heavy atom. The van der Waals surface area contributed by atoms with Gasteiger partial charge in [-0.2, -0.15) is 10.1 Å². The lowest BCUT2D eigenvalue weighted by Crippen LogP contribution is -1.98. The van der Waals surface area contributed by atoms with E-state index in [2.05, 4.69) is 20.2 Å². The van der Waals surface area contributed by atoms with Gasteiger partial charge in [-0.3, -0.25) is 4.68 Å². The van der Waals surface area contributed by atoms with E-state index < -0.39 is 5.82 Å². The van der Waals surface area contributed by atoms with Crippen LogP contribution in [0, 0.1) is 11.7 Å². The van der Waals surface area contributed by atoms with Crippen molar-refractivity contribution in [1.82, 2.24) is 24.9 Å². The first-order valence-electron chi connectivity index (χ1n) is 6.76. The van der Waals surface area contributed by atoms with Gasteiger partial charge in [0.2, 0.25) is 5.82 Å². The molecule has 1 fully saturated rings. The smallest absolute Gasteiger partial charge is 0.261 e. The molecular weight excluding hydrogens is 273 g/mol. The van der Waals surface area contributed by atoms with Crippen LogP contribution in [0.5, 0.6) is 0 Å². The van der Waals surface area contributed by atoms with Gasteiger partial charge in [-0.05, 0) is 30.9 Å². The highest BCUT2D eigenvalue weighted by Gasteiger charge is 2.22. The average Bonchev–Trinajstić information content (AvgIpc) is 2.99. The van der Waals surface area contributed by atoms with Gasteiger partial charge in [0.1, 0.15) is 11.5 Å². The molecule has 3 aromatic heterocycles. The Hall–Kier alpha value is -2.57. The lowest BCUT2D eigenvalue weighted by atomic mass is 10.3. The van der Waals surface area contributed by atoms with Crippen LogP contribution in [-0.2, 0) is 6.54 Å². The molecular formula is C14H12FN5O. The number of pyridine rings is 1. The van der Waals surface area contributed by atoms with Crippen LogP contribution in [0.3, 0.4) is 0 Å². The van der Waals surface area contributed by atoms with Crippen molar-refractivity contribution in [2.24, 2.45) is 5.92 Å². The minimum atomic E-state index is -0.399. The first-order valence-corrected chi connectivity index (χ1v) is 6.76. The summed E-state index contributed by atoms with van der Waals surface area (Å²) in [6.07, 6.45) is 7.27. The minimum Gasteiger partial charge on any atom is -0.333 e. The summed E-state index contributed by atoms with van der Waals surface area (Å²) in [5.41, 5.74) is 1.24. The lowest BCUT2D eigenvalue weighted by Gasteiger charge is -1.95. The number of aromatic nitrogens is 5. The largest absolute Gasteiger partial charge is 0.333 e. The Bertz CT molecular complexity index is 760. The highest BCUT2D eigenvalue weighted by atomic mass is 19.1. The fourth-order valence-corrected chi connectivity index (χ4v) is 2.09. The molecule has 1 aliphatic rings. The van der Waals surface area contributed by atoms with Crippen LogP contribution < -0.4 is 0 Å². The second kappa shape index (κ2) is 4.76. The molecule has 21 heavy (non-hydrogen) atoms. The molecule has 1 saturated carbocycles. The Morgan fingerprint density at radius 3 is 2.95 bits per heavy atom. The van der Waals surface area contributed by atoms with Crippen molar-refractivity contribution >= 4 is 0 Å². The molecule has 0 atom stereocenters. The molecule has 0 saturated heterocycles. The first kappa shape index (κ1) is 12.2. The van der Waals surface area contributed by atoms with Crippen molar-refractivity contribution in [3.05, 3.63) is 36.5 Å². The summed E-state index contributed by atoms with van der Waals surface area (Å²) >= 11 is 0. The van der Waals surface area contributed by atoms with Crippen molar-refractivity contribution in [3.63, 3.8) is 0 Å². The van der Waals surface area contributed by atoms with E-state index in [4.69, 9.17) is 4.52 Å². The van der Waals surface area contributed by atoms with Crippen molar-refractivity contribution in [2.45, 2.75) is 19.4 Å². The van der Waals surface area contributed by atoms with Gasteiger partial charge in [0, 0.05) is 12.7 Å². The van der Waals surface area contributed by atoms with Gasteiger partial charge in [0.25, 0.3) is 5.89 Å². The molecule has 0 aromatic carbocycles. The summed E-state index contributed by atoms with van der Waals surface area (Å²) in [7, 11) is 0. The van der Waals surface area contributed by atoms with E-state index in [-0.39, 0.29) is 0 Å². The fourth-order valence-electron chi connectivity index (χ4n) is 2.09. The van der Waals surface area contributed by atoms with Crippen molar-refractivity contribution in [3.8, 4) is 23.0 Å². The second-order valence-corrected chi connectivity index (χ2v) is 5.18. The maximum absolute atomic E-state index is 12.8. The van der Waals surface area contributed by atoms with Crippen LogP contribution in [0.25, 0.3) is 23.0 Å². The molecule has 106 valence electrons. The quantitative estimate of drug-likeness (QED) is 0.736. The lowest BCUT2D eigenvalue weighted by molar-refractivity contribution is 0.432. The van der Waals surface area contributed by atoms with Gasteiger partial charge in [-0.15, -0.1) is 0 Å². The van der Waals surface area contributed by atoms with Gasteiger partial charge in [0.15, 0.2) is 0 Å². The SMILES string of the molecule is Fc1ccc(-c2noc(-c3cnn(CC4CC4)c3)n2)nc1. The topological polar surface area (TPSA) is 69.6 Å². The van der Waals surface area contributed by atoms with Crippen LogP contribution in [0.1, 0.15) is 12.8 Å². The number of halogens is 1. The van der Waals surface area contributed by atoms with Gasteiger partial charge >= 0.3 is 0 Å². The molecule has 0 N–H and O–H groups in total. The molecule has 7 heteroatoms.